The molecule has 0 radical (unpaired) electrons. The van der Waals surface area contributed by atoms with Crippen LogP contribution < -0.4 is 15.5 Å². The van der Waals surface area contributed by atoms with E-state index in [1.54, 1.807) is 6.07 Å². The van der Waals surface area contributed by atoms with Crippen molar-refractivity contribution in [2.24, 2.45) is 5.41 Å². The van der Waals surface area contributed by atoms with Crippen molar-refractivity contribution in [1.82, 2.24) is 10.6 Å². The molecule has 1 aromatic rings. The zero-order valence-corrected chi connectivity index (χ0v) is 13.4. The number of nitro groups is 1. The van der Waals surface area contributed by atoms with Crippen molar-refractivity contribution in [3.05, 3.63) is 33.9 Å². The number of nitrogens with zero attached hydrogens (tertiary/aromatic N) is 2. The molecule has 0 saturated carbocycles. The third-order valence-corrected chi connectivity index (χ3v) is 5.34. The fourth-order valence-corrected chi connectivity index (χ4v) is 4.31. The third kappa shape index (κ3) is 1.87. The lowest BCUT2D eigenvalue weighted by Crippen LogP contribution is -2.70. The molecule has 2 amide bonds. The molecular formula is C15H14N4O4S. The molecule has 4 rings (SSSR count). The summed E-state index contributed by atoms with van der Waals surface area (Å²) in [6, 6.07) is 4.36. The van der Waals surface area contributed by atoms with E-state index in [9.17, 15) is 19.7 Å². The number of benzene rings is 1. The summed E-state index contributed by atoms with van der Waals surface area (Å²) < 4.78 is 0. The lowest BCUT2D eigenvalue weighted by Gasteiger charge is -2.47. The summed E-state index contributed by atoms with van der Waals surface area (Å²) in [5.41, 5.74) is 0.151. The molecule has 0 aromatic heterocycles. The van der Waals surface area contributed by atoms with E-state index in [2.05, 4.69) is 10.6 Å². The minimum atomic E-state index is -1.30. The number of carbonyl (C=O) groups excluding carboxylic acids is 2. The van der Waals surface area contributed by atoms with Crippen LogP contribution in [0, 0.1) is 15.5 Å². The molecule has 0 bridgehead atoms. The third-order valence-electron chi connectivity index (χ3n) is 5.14. The zero-order valence-electron chi connectivity index (χ0n) is 12.6. The van der Waals surface area contributed by atoms with E-state index in [1.165, 1.54) is 12.1 Å². The van der Waals surface area contributed by atoms with E-state index in [1.807, 2.05) is 4.90 Å². The van der Waals surface area contributed by atoms with E-state index >= 15 is 0 Å². The maximum absolute atomic E-state index is 12.7. The van der Waals surface area contributed by atoms with Crippen LogP contribution in [0.3, 0.4) is 0 Å². The number of thiocarbonyl (C=S) groups is 1. The van der Waals surface area contributed by atoms with E-state index in [4.69, 9.17) is 12.2 Å². The number of fused-ring (bicyclic) bond motifs is 4. The average Bonchev–Trinajstić information content (AvgIpc) is 3.01. The summed E-state index contributed by atoms with van der Waals surface area (Å²) in [6.07, 6.45) is 1.70. The van der Waals surface area contributed by atoms with Crippen molar-refractivity contribution in [1.29, 1.82) is 0 Å². The second-order valence-electron chi connectivity index (χ2n) is 6.31. The molecule has 1 spiro atoms. The minimum absolute atomic E-state index is 0.00464. The van der Waals surface area contributed by atoms with E-state index in [0.717, 1.165) is 12.1 Å². The van der Waals surface area contributed by atoms with Crippen molar-refractivity contribution >= 4 is 40.5 Å². The van der Waals surface area contributed by atoms with Crippen LogP contribution in [-0.2, 0) is 16.0 Å². The first-order chi connectivity index (χ1) is 11.4. The van der Waals surface area contributed by atoms with Gasteiger partial charge in [0.15, 0.2) is 10.5 Å². The molecule has 124 valence electrons. The van der Waals surface area contributed by atoms with Gasteiger partial charge in [-0.3, -0.25) is 19.7 Å². The molecule has 2 fully saturated rings. The van der Waals surface area contributed by atoms with E-state index in [0.29, 0.717) is 18.5 Å². The van der Waals surface area contributed by atoms with Crippen LogP contribution in [0.2, 0.25) is 0 Å². The Kier molecular flexibility index (Phi) is 3.11. The number of carbonyl (C=O) groups is 2. The second-order valence-corrected chi connectivity index (χ2v) is 6.72. The number of amides is 2. The van der Waals surface area contributed by atoms with Gasteiger partial charge in [-0.05, 0) is 36.7 Å². The van der Waals surface area contributed by atoms with Gasteiger partial charge in [0, 0.05) is 30.8 Å². The van der Waals surface area contributed by atoms with Gasteiger partial charge in [0.1, 0.15) is 0 Å². The Hall–Kier alpha value is -2.55. The van der Waals surface area contributed by atoms with Gasteiger partial charge in [-0.15, -0.1) is 0 Å². The maximum atomic E-state index is 12.7. The van der Waals surface area contributed by atoms with Gasteiger partial charge >= 0.3 is 0 Å². The van der Waals surface area contributed by atoms with Crippen LogP contribution in [-0.4, -0.2) is 34.4 Å². The van der Waals surface area contributed by atoms with Crippen molar-refractivity contribution < 1.29 is 14.5 Å². The first-order valence-corrected chi connectivity index (χ1v) is 8.05. The summed E-state index contributed by atoms with van der Waals surface area (Å²) in [5.74, 6) is -0.851. The predicted octanol–water partition coefficient (Wildman–Crippen LogP) is 0.637. The molecule has 0 aliphatic carbocycles. The molecule has 2 saturated heterocycles. The largest absolute Gasteiger partial charge is 0.367 e. The first kappa shape index (κ1) is 15.0. The molecule has 8 nitrogen and oxygen atoms in total. The van der Waals surface area contributed by atoms with Crippen molar-refractivity contribution in [3.63, 3.8) is 0 Å². The Morgan fingerprint density at radius 3 is 2.67 bits per heavy atom. The Bertz CT molecular complexity index is 789. The average molecular weight is 346 g/mol. The van der Waals surface area contributed by atoms with Crippen molar-refractivity contribution in [2.75, 3.05) is 11.4 Å². The fraction of sp³-hybridized carbons (Fsp3) is 0.400. The molecule has 9 heteroatoms. The number of anilines is 1. The topological polar surface area (TPSA) is 105 Å². The molecule has 3 aliphatic heterocycles. The Morgan fingerprint density at radius 1 is 1.29 bits per heavy atom. The highest BCUT2D eigenvalue weighted by Crippen LogP contribution is 2.47. The van der Waals surface area contributed by atoms with Crippen LogP contribution in [0.1, 0.15) is 18.4 Å². The molecule has 3 aliphatic rings. The van der Waals surface area contributed by atoms with Gasteiger partial charge in [-0.1, -0.05) is 0 Å². The number of hydrogen-bond donors (Lipinski definition) is 2. The molecule has 0 unspecified atom stereocenters. The molecule has 24 heavy (non-hydrogen) atoms. The number of rotatable bonds is 1. The van der Waals surface area contributed by atoms with E-state index in [-0.39, 0.29) is 23.3 Å². The Balaban J connectivity index is 1.87. The summed E-state index contributed by atoms with van der Waals surface area (Å²) in [4.78, 5) is 38.1. The SMILES string of the molecule is O=C1NC(=S)NC(=O)C12Cc1cc([N+](=O)[O-])ccc1N1CCC[C@H]12. The van der Waals surface area contributed by atoms with Crippen LogP contribution in [0.25, 0.3) is 0 Å². The predicted molar refractivity (Wildman–Crippen MR) is 88.5 cm³/mol. The normalized spacial score (nSPS) is 24.2. The monoisotopic (exact) mass is 346 g/mol. The minimum Gasteiger partial charge on any atom is -0.367 e. The highest BCUT2D eigenvalue weighted by atomic mass is 32.1. The summed E-state index contributed by atoms with van der Waals surface area (Å²) in [7, 11) is 0. The standard InChI is InChI=1S/C15H14N4O4S/c20-12-15(13(21)17-14(24)16-12)7-8-6-9(19(22)23)3-4-10(8)18-5-1-2-11(15)18/h3-4,6,11H,1-2,5,7H2,(H2,16,17,20,21,24)/t11-/m0/s1. The van der Waals surface area contributed by atoms with Gasteiger partial charge in [-0.2, -0.15) is 0 Å². The van der Waals surface area contributed by atoms with Crippen LogP contribution in [0.5, 0.6) is 0 Å². The fourth-order valence-electron chi connectivity index (χ4n) is 4.12. The highest BCUT2D eigenvalue weighted by Gasteiger charge is 2.60. The van der Waals surface area contributed by atoms with Gasteiger partial charge in [0.05, 0.1) is 11.0 Å². The Labute approximate surface area is 142 Å². The number of non-ortho nitro benzene ring substituents is 1. The summed E-state index contributed by atoms with van der Waals surface area (Å²) in [6.45, 7) is 0.711. The maximum Gasteiger partial charge on any atom is 0.269 e. The highest BCUT2D eigenvalue weighted by molar-refractivity contribution is 7.80. The molecule has 3 heterocycles. The quantitative estimate of drug-likeness (QED) is 0.335. The molecule has 2 N–H and O–H groups in total. The van der Waals surface area contributed by atoms with Gasteiger partial charge < -0.3 is 15.5 Å². The second kappa shape index (κ2) is 4.97. The molecule has 1 atom stereocenters. The zero-order chi connectivity index (χ0) is 17.1. The van der Waals surface area contributed by atoms with Gasteiger partial charge in [-0.25, -0.2) is 0 Å². The first-order valence-electron chi connectivity index (χ1n) is 7.64. The number of nitrogens with one attached hydrogen (secondary N) is 2. The molecular weight excluding hydrogens is 332 g/mol. The van der Waals surface area contributed by atoms with Crippen LogP contribution in [0.4, 0.5) is 11.4 Å². The Morgan fingerprint density at radius 2 is 2.00 bits per heavy atom. The number of nitro benzene ring substituents is 1. The van der Waals surface area contributed by atoms with Crippen LogP contribution >= 0.6 is 12.2 Å². The smallest absolute Gasteiger partial charge is 0.269 e. The van der Waals surface area contributed by atoms with Gasteiger partial charge in [0.25, 0.3) is 5.69 Å². The van der Waals surface area contributed by atoms with Crippen molar-refractivity contribution in [3.8, 4) is 0 Å². The lowest BCUT2D eigenvalue weighted by molar-refractivity contribution is -0.384. The lowest BCUT2D eigenvalue weighted by atomic mass is 9.69. The number of hydrogen-bond acceptors (Lipinski definition) is 6. The van der Waals surface area contributed by atoms with E-state index < -0.39 is 22.2 Å². The van der Waals surface area contributed by atoms with Crippen molar-refractivity contribution in [2.45, 2.75) is 25.3 Å². The summed E-state index contributed by atoms with van der Waals surface area (Å²) in [5, 5.41) is 16.2. The van der Waals surface area contributed by atoms with Crippen LogP contribution in [0.15, 0.2) is 18.2 Å². The summed E-state index contributed by atoms with van der Waals surface area (Å²) >= 11 is 4.90. The van der Waals surface area contributed by atoms with Gasteiger partial charge in [0.2, 0.25) is 11.8 Å². The molecule has 1 aromatic carbocycles.